The molecule has 18 heavy (non-hydrogen) atoms. The number of carbonyl (C=O) groups is 2. The van der Waals surface area contributed by atoms with Crippen molar-refractivity contribution in [3.05, 3.63) is 23.8 Å². The first-order valence-electron chi connectivity index (χ1n) is 6.01. The summed E-state index contributed by atoms with van der Waals surface area (Å²) in [5.41, 5.74) is 1.51. The van der Waals surface area contributed by atoms with Crippen LogP contribution in [0.1, 0.15) is 37.6 Å². The van der Waals surface area contributed by atoms with Crippen molar-refractivity contribution < 1.29 is 9.59 Å². The average Bonchev–Trinajstić information content (AvgIpc) is 2.34. The fourth-order valence-corrected chi connectivity index (χ4v) is 3.29. The summed E-state index contributed by atoms with van der Waals surface area (Å²) in [4.78, 5) is 26.6. The molecule has 4 heteroatoms. The van der Waals surface area contributed by atoms with Crippen LogP contribution in [-0.2, 0) is 4.79 Å². The lowest BCUT2D eigenvalue weighted by Crippen LogP contribution is -2.44. The smallest absolute Gasteiger partial charge is 0.242 e. The Bertz CT molecular complexity index is 523. The van der Waals surface area contributed by atoms with Crippen LogP contribution in [0.4, 0.5) is 5.69 Å². The van der Waals surface area contributed by atoms with E-state index in [1.165, 1.54) is 0 Å². The molecule has 0 unspecified atom stereocenters. The van der Waals surface area contributed by atoms with Crippen LogP contribution in [0.5, 0.6) is 0 Å². The van der Waals surface area contributed by atoms with Gasteiger partial charge in [0.1, 0.15) is 0 Å². The second-order valence-electron chi connectivity index (χ2n) is 4.94. The van der Waals surface area contributed by atoms with Crippen LogP contribution in [0.15, 0.2) is 23.1 Å². The summed E-state index contributed by atoms with van der Waals surface area (Å²) in [6.07, 6.45) is 0.481. The standard InChI is InChI=1S/C14H17NO2S/c1-5-11(16)9-6-7-12-10(8-9)15(4)13(17)14(2,3)18-12/h6-8H,5H2,1-4H3. The zero-order valence-corrected chi connectivity index (χ0v) is 11.9. The van der Waals surface area contributed by atoms with Crippen molar-refractivity contribution in [2.45, 2.75) is 36.8 Å². The largest absolute Gasteiger partial charge is 0.313 e. The molecule has 0 saturated carbocycles. The Morgan fingerprint density at radius 2 is 2.06 bits per heavy atom. The zero-order chi connectivity index (χ0) is 13.5. The van der Waals surface area contributed by atoms with Crippen LogP contribution in [-0.4, -0.2) is 23.5 Å². The van der Waals surface area contributed by atoms with E-state index in [0.717, 1.165) is 10.6 Å². The molecule has 2 rings (SSSR count). The molecule has 0 saturated heterocycles. The van der Waals surface area contributed by atoms with Gasteiger partial charge in [0.15, 0.2) is 5.78 Å². The monoisotopic (exact) mass is 263 g/mol. The van der Waals surface area contributed by atoms with Gasteiger partial charge < -0.3 is 4.90 Å². The van der Waals surface area contributed by atoms with Gasteiger partial charge in [-0.15, -0.1) is 11.8 Å². The van der Waals surface area contributed by atoms with Crippen LogP contribution in [0.2, 0.25) is 0 Å². The highest BCUT2D eigenvalue weighted by Crippen LogP contribution is 2.44. The summed E-state index contributed by atoms with van der Waals surface area (Å²) in [7, 11) is 1.77. The molecule has 0 N–H and O–H groups in total. The van der Waals surface area contributed by atoms with E-state index in [1.54, 1.807) is 23.7 Å². The lowest BCUT2D eigenvalue weighted by Gasteiger charge is -2.35. The summed E-state index contributed by atoms with van der Waals surface area (Å²) >= 11 is 1.55. The number of rotatable bonds is 2. The number of hydrogen-bond acceptors (Lipinski definition) is 3. The van der Waals surface area contributed by atoms with Gasteiger partial charge >= 0.3 is 0 Å². The van der Waals surface area contributed by atoms with Crippen LogP contribution in [0, 0.1) is 0 Å². The number of ketones is 1. The SMILES string of the molecule is CCC(=O)c1ccc2c(c1)N(C)C(=O)C(C)(C)S2. The number of anilines is 1. The lowest BCUT2D eigenvalue weighted by molar-refractivity contribution is -0.120. The van der Waals surface area contributed by atoms with Gasteiger partial charge in [0, 0.05) is 23.9 Å². The van der Waals surface area contributed by atoms with Crippen molar-refractivity contribution in [3.8, 4) is 0 Å². The van der Waals surface area contributed by atoms with Crippen molar-refractivity contribution in [2.75, 3.05) is 11.9 Å². The third-order valence-corrected chi connectivity index (χ3v) is 4.40. The van der Waals surface area contributed by atoms with E-state index in [4.69, 9.17) is 0 Å². The first-order chi connectivity index (χ1) is 8.36. The van der Waals surface area contributed by atoms with E-state index in [-0.39, 0.29) is 11.7 Å². The quantitative estimate of drug-likeness (QED) is 0.769. The molecular weight excluding hydrogens is 246 g/mol. The highest BCUT2D eigenvalue weighted by atomic mass is 32.2. The molecule has 1 aliphatic heterocycles. The van der Waals surface area contributed by atoms with Gasteiger partial charge in [0.05, 0.1) is 10.4 Å². The second kappa shape index (κ2) is 4.43. The minimum absolute atomic E-state index is 0.0705. The molecule has 1 aromatic rings. The highest BCUT2D eigenvalue weighted by molar-refractivity contribution is 8.01. The fourth-order valence-electron chi connectivity index (χ4n) is 2.08. The average molecular weight is 263 g/mol. The first kappa shape index (κ1) is 13.1. The van der Waals surface area contributed by atoms with Crippen LogP contribution < -0.4 is 4.90 Å². The summed E-state index contributed by atoms with van der Waals surface area (Å²) in [5, 5.41) is 0. The van der Waals surface area contributed by atoms with Crippen molar-refractivity contribution in [3.63, 3.8) is 0 Å². The highest BCUT2D eigenvalue weighted by Gasteiger charge is 2.38. The molecule has 1 amide bonds. The summed E-state index contributed by atoms with van der Waals surface area (Å²) in [6, 6.07) is 5.60. The van der Waals surface area contributed by atoms with Gasteiger partial charge in [-0.1, -0.05) is 13.0 Å². The Hall–Kier alpha value is -1.29. The van der Waals surface area contributed by atoms with E-state index < -0.39 is 4.75 Å². The third kappa shape index (κ3) is 2.05. The number of hydrogen-bond donors (Lipinski definition) is 0. The number of amides is 1. The topological polar surface area (TPSA) is 37.4 Å². The number of carbonyl (C=O) groups excluding carboxylic acids is 2. The van der Waals surface area contributed by atoms with E-state index >= 15 is 0 Å². The van der Waals surface area contributed by atoms with E-state index in [1.807, 2.05) is 39.0 Å². The number of fused-ring (bicyclic) bond motifs is 1. The Balaban J connectivity index is 2.49. The number of benzene rings is 1. The maximum Gasteiger partial charge on any atom is 0.242 e. The lowest BCUT2D eigenvalue weighted by atomic mass is 10.1. The Morgan fingerprint density at radius 3 is 2.67 bits per heavy atom. The van der Waals surface area contributed by atoms with Gasteiger partial charge in [0.25, 0.3) is 0 Å². The molecule has 96 valence electrons. The van der Waals surface area contributed by atoms with E-state index in [2.05, 4.69) is 0 Å². The van der Waals surface area contributed by atoms with Gasteiger partial charge in [-0.2, -0.15) is 0 Å². The van der Waals surface area contributed by atoms with Crippen molar-refractivity contribution in [1.29, 1.82) is 0 Å². The van der Waals surface area contributed by atoms with Gasteiger partial charge in [-0.05, 0) is 26.0 Å². The van der Waals surface area contributed by atoms with Gasteiger partial charge in [-0.25, -0.2) is 0 Å². The number of Topliss-reactive ketones (excluding diaryl/α,β-unsaturated/α-hetero) is 1. The molecule has 0 aromatic heterocycles. The molecular formula is C14H17NO2S. The fraction of sp³-hybridized carbons (Fsp3) is 0.429. The predicted molar refractivity (Wildman–Crippen MR) is 74.4 cm³/mol. The van der Waals surface area contributed by atoms with Gasteiger partial charge in [0.2, 0.25) is 5.91 Å². The predicted octanol–water partition coefficient (Wildman–Crippen LogP) is 3.13. The molecule has 3 nitrogen and oxygen atoms in total. The molecule has 1 aromatic carbocycles. The Labute approximate surface area is 112 Å². The number of thioether (sulfide) groups is 1. The molecule has 0 radical (unpaired) electrons. The molecule has 0 aliphatic carbocycles. The van der Waals surface area contributed by atoms with Crippen LogP contribution in [0.3, 0.4) is 0 Å². The van der Waals surface area contributed by atoms with Crippen LogP contribution in [0.25, 0.3) is 0 Å². The summed E-state index contributed by atoms with van der Waals surface area (Å²) in [5.74, 6) is 0.176. The van der Waals surface area contributed by atoms with Crippen molar-refractivity contribution in [2.24, 2.45) is 0 Å². The zero-order valence-electron chi connectivity index (χ0n) is 11.1. The summed E-state index contributed by atoms with van der Waals surface area (Å²) < 4.78 is -0.446. The first-order valence-corrected chi connectivity index (χ1v) is 6.83. The third-order valence-electron chi connectivity index (χ3n) is 3.15. The van der Waals surface area contributed by atoms with E-state index in [9.17, 15) is 9.59 Å². The minimum Gasteiger partial charge on any atom is -0.313 e. The maximum atomic E-state index is 12.2. The molecule has 0 spiro atoms. The molecule has 1 heterocycles. The normalized spacial score (nSPS) is 17.6. The maximum absolute atomic E-state index is 12.2. The molecule has 1 aliphatic rings. The molecule has 0 atom stereocenters. The number of nitrogens with zero attached hydrogens (tertiary/aromatic N) is 1. The van der Waals surface area contributed by atoms with E-state index in [0.29, 0.717) is 12.0 Å². The minimum atomic E-state index is -0.446. The van der Waals surface area contributed by atoms with Crippen molar-refractivity contribution in [1.82, 2.24) is 0 Å². The molecule has 0 fully saturated rings. The Kier molecular flexibility index (Phi) is 3.23. The van der Waals surface area contributed by atoms with Crippen LogP contribution >= 0.6 is 11.8 Å². The van der Waals surface area contributed by atoms with Gasteiger partial charge in [-0.3, -0.25) is 9.59 Å². The van der Waals surface area contributed by atoms with Crippen molar-refractivity contribution >= 4 is 29.1 Å². The Morgan fingerprint density at radius 1 is 1.39 bits per heavy atom. The summed E-state index contributed by atoms with van der Waals surface area (Å²) in [6.45, 7) is 5.68. The second-order valence-corrected chi connectivity index (χ2v) is 6.60. The molecule has 0 bridgehead atoms.